The van der Waals surface area contributed by atoms with E-state index in [1.807, 2.05) is 11.9 Å². The van der Waals surface area contributed by atoms with Gasteiger partial charge in [-0.15, -0.1) is 0 Å². The van der Waals surface area contributed by atoms with Gasteiger partial charge in [0.1, 0.15) is 11.8 Å². The minimum absolute atomic E-state index is 0.0831. The number of allylic oxidation sites excluding steroid dienone is 4. The van der Waals surface area contributed by atoms with Crippen LogP contribution in [-0.2, 0) is 33.3 Å². The number of Topliss-reactive ketones (excluding diaryl/α,β-unsaturated/α-hetero) is 2. The summed E-state index contributed by atoms with van der Waals surface area (Å²) in [6.45, 7) is 12.5. The molecule has 1 heterocycles. The number of aliphatic hydroxyl groups is 1. The number of carbonyl (C=O) groups excluding carboxylic acids is 4. The molecule has 2 bridgehead atoms. The van der Waals surface area contributed by atoms with Crippen molar-refractivity contribution in [2.75, 3.05) is 34.4 Å². The van der Waals surface area contributed by atoms with Gasteiger partial charge in [0.25, 0.3) is 5.91 Å². The van der Waals surface area contributed by atoms with Gasteiger partial charge in [-0.2, -0.15) is 5.10 Å². The molecule has 0 saturated carbocycles. The van der Waals surface area contributed by atoms with Crippen LogP contribution >= 0.6 is 0 Å². The molecule has 0 saturated heterocycles. The normalized spacial score (nSPS) is 28.5. The van der Waals surface area contributed by atoms with Crippen molar-refractivity contribution in [3.8, 4) is 0 Å². The van der Waals surface area contributed by atoms with Crippen LogP contribution in [0.15, 0.2) is 63.2 Å². The standard InChI is InChI=1S/C38H58N4O9/c1-10-12-17-42(18-13-11-2)40-22-28-31-33(44)27(36(50-9)34(28)45)19-23(3)20-30(49-8)32(43)25(5)21-26(6)35(51-38(39)47)29(48-7)16-14-15-24(4)37(46)41-31/h14-16,21-23,25,29-30,32,35,43H,10-13,17-20H2,1-9H3,(H2,39,47)(H,41,46)/b16-14-,24-15-,26-21-,40-22-/t23-,25+,29+,30-,32+,35-/m0/s1. The molecule has 1 aliphatic heterocycles. The van der Waals surface area contributed by atoms with Gasteiger partial charge in [0.15, 0.2) is 11.9 Å². The van der Waals surface area contributed by atoms with E-state index in [1.165, 1.54) is 33.6 Å². The average Bonchev–Trinajstić information content (AvgIpc) is 3.09. The highest BCUT2D eigenvalue weighted by Crippen LogP contribution is 2.31. The molecule has 4 N–H and O–H groups in total. The molecule has 13 heteroatoms. The van der Waals surface area contributed by atoms with Crippen molar-refractivity contribution < 1.29 is 43.2 Å². The highest BCUT2D eigenvalue weighted by Gasteiger charge is 2.38. The smallest absolute Gasteiger partial charge is 0.405 e. The Labute approximate surface area is 302 Å². The number of aliphatic hydroxyl groups excluding tert-OH is 1. The summed E-state index contributed by atoms with van der Waals surface area (Å²) in [7, 11) is 4.26. The molecule has 6 atom stereocenters. The van der Waals surface area contributed by atoms with Crippen molar-refractivity contribution in [3.63, 3.8) is 0 Å². The van der Waals surface area contributed by atoms with Gasteiger partial charge in [0.05, 0.1) is 31.1 Å². The number of amides is 2. The summed E-state index contributed by atoms with van der Waals surface area (Å²) in [5.41, 5.74) is 6.02. The molecule has 0 aromatic carbocycles. The number of ether oxygens (including phenoxy) is 4. The van der Waals surface area contributed by atoms with Crippen LogP contribution in [0.1, 0.15) is 80.1 Å². The number of ketones is 2. The highest BCUT2D eigenvalue weighted by atomic mass is 16.6. The Balaban J connectivity index is 2.77. The summed E-state index contributed by atoms with van der Waals surface area (Å²) in [6, 6.07) is 0. The molecule has 51 heavy (non-hydrogen) atoms. The Morgan fingerprint density at radius 2 is 1.71 bits per heavy atom. The maximum Gasteiger partial charge on any atom is 0.405 e. The second-order valence-electron chi connectivity index (χ2n) is 13.2. The molecule has 0 radical (unpaired) electrons. The van der Waals surface area contributed by atoms with Crippen LogP contribution in [0, 0.1) is 11.8 Å². The van der Waals surface area contributed by atoms with E-state index in [0.717, 1.165) is 25.7 Å². The number of hydrazone groups is 1. The minimum Gasteiger partial charge on any atom is -0.492 e. The van der Waals surface area contributed by atoms with Crippen LogP contribution in [-0.4, -0.2) is 98.7 Å². The fourth-order valence-corrected chi connectivity index (χ4v) is 6.04. The topological polar surface area (TPSA) is 179 Å². The second-order valence-corrected chi connectivity index (χ2v) is 13.2. The molecule has 0 aromatic heterocycles. The zero-order valence-electron chi connectivity index (χ0n) is 31.7. The molecule has 2 aliphatic rings. The molecule has 0 unspecified atom stereocenters. The van der Waals surface area contributed by atoms with Crippen molar-refractivity contribution in [3.05, 3.63) is 58.1 Å². The number of hydrogen-bond donors (Lipinski definition) is 3. The molecular weight excluding hydrogens is 656 g/mol. The second kappa shape index (κ2) is 21.3. The van der Waals surface area contributed by atoms with Gasteiger partial charge in [0.2, 0.25) is 11.6 Å². The highest BCUT2D eigenvalue weighted by molar-refractivity contribution is 6.32. The van der Waals surface area contributed by atoms with Crippen LogP contribution in [0.3, 0.4) is 0 Å². The third-order valence-corrected chi connectivity index (χ3v) is 9.03. The number of rotatable bonds is 12. The van der Waals surface area contributed by atoms with Crippen LogP contribution in [0.5, 0.6) is 0 Å². The molecular formula is C38H58N4O9. The lowest BCUT2D eigenvalue weighted by atomic mass is 9.84. The molecule has 0 aromatic rings. The van der Waals surface area contributed by atoms with E-state index >= 15 is 0 Å². The number of nitrogens with one attached hydrogen (secondary N) is 1. The number of unbranched alkanes of at least 4 members (excludes halogenated alkanes) is 2. The predicted octanol–water partition coefficient (Wildman–Crippen LogP) is 4.67. The van der Waals surface area contributed by atoms with Gasteiger partial charge in [-0.3, -0.25) is 19.4 Å². The van der Waals surface area contributed by atoms with Crippen molar-refractivity contribution in [1.82, 2.24) is 10.3 Å². The lowest BCUT2D eigenvalue weighted by Gasteiger charge is -2.30. The van der Waals surface area contributed by atoms with Crippen molar-refractivity contribution in [2.45, 2.75) is 104 Å². The van der Waals surface area contributed by atoms with Crippen LogP contribution in [0.2, 0.25) is 0 Å². The molecule has 0 fully saturated rings. The lowest BCUT2D eigenvalue weighted by molar-refractivity contribution is -0.121. The molecule has 1 aliphatic carbocycles. The first-order chi connectivity index (χ1) is 24.2. The molecule has 2 rings (SSSR count). The average molecular weight is 715 g/mol. The first kappa shape index (κ1) is 43.1. The van der Waals surface area contributed by atoms with Gasteiger partial charge in [-0.1, -0.05) is 64.8 Å². The van der Waals surface area contributed by atoms with Gasteiger partial charge in [0, 0.05) is 44.4 Å². The fourth-order valence-electron chi connectivity index (χ4n) is 6.04. The van der Waals surface area contributed by atoms with Crippen molar-refractivity contribution in [2.24, 2.45) is 22.7 Å². The maximum absolute atomic E-state index is 14.3. The summed E-state index contributed by atoms with van der Waals surface area (Å²) < 4.78 is 22.3. The third kappa shape index (κ3) is 12.3. The SMILES string of the molecule is CCCCN(CCCC)/N=C\C1=C2NC(=O)/C(C)=C\C=C/[C@@H](OC)[C@@H](OC(N)=O)/C(C)=C\[C@@H](C)[C@@H](O)[C@@H](OC)C[C@@H](C)CC(=C(OC)C1=O)C2=O. The summed E-state index contributed by atoms with van der Waals surface area (Å²) in [5, 5.41) is 20.5. The van der Waals surface area contributed by atoms with Crippen molar-refractivity contribution in [1.29, 1.82) is 0 Å². The number of nitrogens with zero attached hydrogens (tertiary/aromatic N) is 2. The first-order valence-corrected chi connectivity index (χ1v) is 17.7. The molecule has 2 amide bonds. The first-order valence-electron chi connectivity index (χ1n) is 17.7. The number of methoxy groups -OCH3 is 3. The summed E-state index contributed by atoms with van der Waals surface area (Å²) in [5.74, 6) is -2.61. The lowest BCUT2D eigenvalue weighted by Crippen LogP contribution is -2.38. The molecule has 284 valence electrons. The van der Waals surface area contributed by atoms with Crippen LogP contribution < -0.4 is 11.1 Å². The Morgan fingerprint density at radius 1 is 1.06 bits per heavy atom. The predicted molar refractivity (Wildman–Crippen MR) is 195 cm³/mol. The van der Waals surface area contributed by atoms with Crippen LogP contribution in [0.4, 0.5) is 4.79 Å². The molecule has 0 spiro atoms. The number of nitrogens with two attached hydrogens (primary N) is 1. The van der Waals surface area contributed by atoms with E-state index in [4.69, 9.17) is 24.7 Å². The Kier molecular flexibility index (Phi) is 18.0. The quantitative estimate of drug-likeness (QED) is 0.111. The Hall–Kier alpha value is -4.07. The molecule has 13 nitrogen and oxygen atoms in total. The summed E-state index contributed by atoms with van der Waals surface area (Å²) in [6.07, 6.45) is 7.45. The van der Waals surface area contributed by atoms with Gasteiger partial charge < -0.3 is 35.1 Å². The summed E-state index contributed by atoms with van der Waals surface area (Å²) in [4.78, 5) is 53.7. The zero-order valence-corrected chi connectivity index (χ0v) is 31.7. The fraction of sp³-hybridized carbons (Fsp3) is 0.605. The van der Waals surface area contributed by atoms with Crippen molar-refractivity contribution >= 4 is 29.8 Å². The minimum atomic E-state index is -1.01. The van der Waals surface area contributed by atoms with E-state index in [9.17, 15) is 24.3 Å². The largest absolute Gasteiger partial charge is 0.492 e. The van der Waals surface area contributed by atoms with Gasteiger partial charge in [-0.05, 0) is 51.0 Å². The Morgan fingerprint density at radius 3 is 2.25 bits per heavy atom. The number of carbonyl (C=O) groups is 4. The maximum atomic E-state index is 14.3. The van der Waals surface area contributed by atoms with E-state index in [2.05, 4.69) is 24.3 Å². The summed E-state index contributed by atoms with van der Waals surface area (Å²) >= 11 is 0. The number of fused-ring (bicyclic) bond motifs is 2. The van der Waals surface area contributed by atoms with E-state index in [1.54, 1.807) is 39.0 Å². The third-order valence-electron chi connectivity index (χ3n) is 9.03. The van der Waals surface area contributed by atoms with E-state index in [-0.39, 0.29) is 40.5 Å². The number of primary amides is 1. The van der Waals surface area contributed by atoms with E-state index < -0.39 is 53.9 Å². The van der Waals surface area contributed by atoms with E-state index in [0.29, 0.717) is 25.1 Å². The monoisotopic (exact) mass is 714 g/mol. The van der Waals surface area contributed by atoms with Gasteiger partial charge >= 0.3 is 6.09 Å². The zero-order chi connectivity index (χ0) is 38.2. The Bertz CT molecular complexity index is 1420. The van der Waals surface area contributed by atoms with Crippen LogP contribution in [0.25, 0.3) is 0 Å². The number of hydrogen-bond acceptors (Lipinski definition) is 11. The van der Waals surface area contributed by atoms with Gasteiger partial charge in [-0.25, -0.2) is 4.79 Å².